The Bertz CT molecular complexity index is 1170. The first kappa shape index (κ1) is 25.0. The van der Waals surface area contributed by atoms with E-state index in [0.717, 1.165) is 47.0 Å². The van der Waals surface area contributed by atoms with E-state index in [4.69, 9.17) is 17.3 Å². The Morgan fingerprint density at radius 3 is 2.88 bits per heavy atom. The Balaban J connectivity index is 0.000000309. The van der Waals surface area contributed by atoms with E-state index in [-0.39, 0.29) is 6.10 Å². The van der Waals surface area contributed by atoms with Gasteiger partial charge < -0.3 is 20.6 Å². The number of aliphatic hydroxyl groups is 1. The number of thiazole rings is 1. The molecule has 0 saturated carbocycles. The minimum absolute atomic E-state index is 0.308. The zero-order valence-electron chi connectivity index (χ0n) is 19.2. The minimum atomic E-state index is -0.524. The van der Waals surface area contributed by atoms with Crippen molar-refractivity contribution in [3.8, 4) is 18.0 Å². The van der Waals surface area contributed by atoms with E-state index in [0.29, 0.717) is 25.2 Å². The van der Waals surface area contributed by atoms with Gasteiger partial charge >= 0.3 is 0 Å². The summed E-state index contributed by atoms with van der Waals surface area (Å²) in [5.74, 6) is 2.10. The topological polar surface area (TPSA) is 118 Å². The number of terminal acetylenes is 1. The molecule has 1 atom stereocenters. The van der Waals surface area contributed by atoms with Crippen LogP contribution in [0.5, 0.6) is 0 Å². The lowest BCUT2D eigenvalue weighted by Gasteiger charge is -2.27. The summed E-state index contributed by atoms with van der Waals surface area (Å²) in [4.78, 5) is 29.9. The highest BCUT2D eigenvalue weighted by Gasteiger charge is 2.28. The lowest BCUT2D eigenvalue weighted by molar-refractivity contribution is -0.117. The largest absolute Gasteiger partial charge is 0.393 e. The van der Waals surface area contributed by atoms with Crippen molar-refractivity contribution in [3.05, 3.63) is 58.4 Å². The van der Waals surface area contributed by atoms with Gasteiger partial charge in [0.1, 0.15) is 0 Å². The van der Waals surface area contributed by atoms with E-state index in [1.54, 1.807) is 36.2 Å². The maximum Gasteiger partial charge on any atom is 0.269 e. The van der Waals surface area contributed by atoms with Gasteiger partial charge in [-0.05, 0) is 31.5 Å². The van der Waals surface area contributed by atoms with Crippen LogP contribution < -0.4 is 10.6 Å². The van der Waals surface area contributed by atoms with Crippen LogP contribution in [0.1, 0.15) is 40.7 Å². The van der Waals surface area contributed by atoms with Gasteiger partial charge in [0.15, 0.2) is 10.8 Å². The third kappa shape index (κ3) is 6.01. The fraction of sp³-hybridized carbons (Fsp3) is 0.333. The number of hydrogen-bond acceptors (Lipinski definition) is 7. The lowest BCUT2D eigenvalue weighted by Crippen LogP contribution is -2.31. The molecule has 1 aliphatic heterocycles. The molecule has 0 spiro atoms. The predicted molar refractivity (Wildman–Crippen MR) is 132 cm³/mol. The first-order chi connectivity index (χ1) is 16.3. The molecule has 10 heteroatoms. The lowest BCUT2D eigenvalue weighted by atomic mass is 10.0. The summed E-state index contributed by atoms with van der Waals surface area (Å²) in [7, 11) is 1.69. The second-order valence-electron chi connectivity index (χ2n) is 7.95. The quantitative estimate of drug-likeness (QED) is 0.393. The number of hydrogen-bond donors (Lipinski definition) is 2. The molecule has 1 aliphatic rings. The molecule has 9 nitrogen and oxygen atoms in total. The second-order valence-corrected chi connectivity index (χ2v) is 8.83. The highest BCUT2D eigenvalue weighted by atomic mass is 32.1. The number of rotatable bonds is 7. The van der Waals surface area contributed by atoms with Crippen LogP contribution in [0.25, 0.3) is 5.69 Å². The Morgan fingerprint density at radius 1 is 1.47 bits per heavy atom. The average molecular weight is 481 g/mol. The number of aromatic nitrogens is 3. The number of nitrogens with two attached hydrogens (primary N) is 1. The van der Waals surface area contributed by atoms with Gasteiger partial charge in [0.2, 0.25) is 6.41 Å². The summed E-state index contributed by atoms with van der Waals surface area (Å²) in [5, 5.41) is 16.1. The Kier molecular flexibility index (Phi) is 8.40. The van der Waals surface area contributed by atoms with Crippen molar-refractivity contribution in [3.63, 3.8) is 0 Å². The third-order valence-electron chi connectivity index (χ3n) is 5.32. The minimum Gasteiger partial charge on any atom is -0.393 e. The molecular weight excluding hydrogens is 452 g/mol. The van der Waals surface area contributed by atoms with E-state index >= 15 is 0 Å². The number of benzene rings is 1. The van der Waals surface area contributed by atoms with Crippen molar-refractivity contribution >= 4 is 28.8 Å². The predicted octanol–water partition coefficient (Wildman–Crippen LogP) is 1.82. The smallest absolute Gasteiger partial charge is 0.269 e. The molecule has 3 heterocycles. The number of aliphatic hydroxyl groups excluding tert-OH is 1. The van der Waals surface area contributed by atoms with Gasteiger partial charge in [-0.1, -0.05) is 12.0 Å². The SMILES string of the molecule is C#Cc1cccc(-n2nc(C(N)=O)c3c2CCN(c2nccs2)C3)c1.CC(O)CCN(C)C=O. The molecule has 0 saturated heterocycles. The number of amides is 2. The van der Waals surface area contributed by atoms with E-state index in [1.807, 2.05) is 29.6 Å². The molecule has 2 amide bonds. The van der Waals surface area contributed by atoms with Crippen molar-refractivity contribution in [1.82, 2.24) is 19.7 Å². The van der Waals surface area contributed by atoms with Crippen LogP contribution in [0.2, 0.25) is 0 Å². The molecule has 2 aromatic heterocycles. The number of anilines is 1. The second kappa shape index (κ2) is 11.4. The summed E-state index contributed by atoms with van der Waals surface area (Å²) in [5.41, 5.74) is 9.34. The van der Waals surface area contributed by atoms with Gasteiger partial charge in [-0.25, -0.2) is 9.67 Å². The van der Waals surface area contributed by atoms with Crippen molar-refractivity contribution < 1.29 is 14.7 Å². The van der Waals surface area contributed by atoms with Gasteiger partial charge in [0.05, 0.1) is 17.5 Å². The maximum atomic E-state index is 11.9. The molecule has 34 heavy (non-hydrogen) atoms. The van der Waals surface area contributed by atoms with Crippen molar-refractivity contribution in [2.45, 2.75) is 32.4 Å². The van der Waals surface area contributed by atoms with Gasteiger partial charge in [-0.3, -0.25) is 9.59 Å². The number of carbonyl (C=O) groups is 2. The molecule has 0 radical (unpaired) electrons. The summed E-state index contributed by atoms with van der Waals surface area (Å²) < 4.78 is 1.79. The third-order valence-corrected chi connectivity index (χ3v) is 6.15. The van der Waals surface area contributed by atoms with Gasteiger partial charge in [-0.15, -0.1) is 17.8 Å². The average Bonchev–Trinajstić information content (AvgIpc) is 3.51. The van der Waals surface area contributed by atoms with E-state index in [1.165, 1.54) is 4.90 Å². The summed E-state index contributed by atoms with van der Waals surface area (Å²) >= 11 is 1.58. The molecule has 4 rings (SSSR count). The molecule has 1 unspecified atom stereocenters. The maximum absolute atomic E-state index is 11.9. The van der Waals surface area contributed by atoms with Crippen molar-refractivity contribution in [1.29, 1.82) is 0 Å². The van der Waals surface area contributed by atoms with Crippen LogP contribution >= 0.6 is 11.3 Å². The van der Waals surface area contributed by atoms with E-state index in [9.17, 15) is 9.59 Å². The monoisotopic (exact) mass is 480 g/mol. The first-order valence-corrected chi connectivity index (χ1v) is 11.7. The summed E-state index contributed by atoms with van der Waals surface area (Å²) in [6.07, 6.45) is 9.10. The summed E-state index contributed by atoms with van der Waals surface area (Å²) in [6.45, 7) is 3.70. The van der Waals surface area contributed by atoms with Gasteiger partial charge in [0, 0.05) is 55.8 Å². The molecule has 1 aromatic carbocycles. The fourth-order valence-electron chi connectivity index (χ4n) is 3.54. The molecule has 0 aliphatic carbocycles. The van der Waals surface area contributed by atoms with Crippen LogP contribution in [-0.4, -0.2) is 63.3 Å². The van der Waals surface area contributed by atoms with Crippen LogP contribution in [0.15, 0.2) is 35.8 Å². The standard InChI is InChI=1S/C18H15N5OS.C6H13NO2/c1-2-12-4-3-5-13(10-12)23-15-6-8-22(18-20-7-9-25-18)11-14(15)16(21-23)17(19)24;1-6(9)3-4-7(2)5-8/h1,3-5,7,9-10H,6,8,11H2,(H2,19,24);5-6,9H,3-4H2,1-2H3. The Hall–Kier alpha value is -3.68. The van der Waals surface area contributed by atoms with Crippen LogP contribution in [0, 0.1) is 12.3 Å². The molecular formula is C24H28N6O3S. The molecule has 3 aromatic rings. The van der Waals surface area contributed by atoms with Crippen LogP contribution in [0.3, 0.4) is 0 Å². The first-order valence-electron chi connectivity index (χ1n) is 10.8. The number of nitrogens with zero attached hydrogens (tertiary/aromatic N) is 5. The molecule has 0 bridgehead atoms. The number of fused-ring (bicyclic) bond motifs is 1. The number of carbonyl (C=O) groups excluding carboxylic acids is 2. The van der Waals surface area contributed by atoms with E-state index < -0.39 is 5.91 Å². The Morgan fingerprint density at radius 2 is 2.26 bits per heavy atom. The van der Waals surface area contributed by atoms with Crippen molar-refractivity contribution in [2.24, 2.45) is 5.73 Å². The van der Waals surface area contributed by atoms with Crippen LogP contribution in [0.4, 0.5) is 5.13 Å². The molecule has 3 N–H and O–H groups in total. The number of primary amides is 1. The molecule has 0 fully saturated rings. The highest BCUT2D eigenvalue weighted by molar-refractivity contribution is 7.13. The molecule has 178 valence electrons. The van der Waals surface area contributed by atoms with Crippen LogP contribution in [-0.2, 0) is 17.8 Å². The zero-order chi connectivity index (χ0) is 24.7. The summed E-state index contributed by atoms with van der Waals surface area (Å²) in [6, 6.07) is 7.54. The van der Waals surface area contributed by atoms with Gasteiger partial charge in [-0.2, -0.15) is 5.10 Å². The zero-order valence-corrected chi connectivity index (χ0v) is 20.0. The normalized spacial score (nSPS) is 13.2. The highest BCUT2D eigenvalue weighted by Crippen LogP contribution is 2.29. The van der Waals surface area contributed by atoms with Crippen molar-refractivity contribution in [2.75, 3.05) is 25.0 Å². The van der Waals surface area contributed by atoms with Gasteiger partial charge in [0.25, 0.3) is 5.91 Å². The Labute approximate surface area is 202 Å². The fourth-order valence-corrected chi connectivity index (χ4v) is 4.21. The van der Waals surface area contributed by atoms with E-state index in [2.05, 4.69) is 20.9 Å².